The molecule has 1 atom stereocenters. The molecule has 0 bridgehead atoms. The van der Waals surface area contributed by atoms with Crippen LogP contribution < -0.4 is 15.8 Å². The molecule has 0 aliphatic heterocycles. The fourth-order valence-electron chi connectivity index (χ4n) is 4.39. The maximum absolute atomic E-state index is 13.3. The zero-order valence-corrected chi connectivity index (χ0v) is 24.2. The van der Waals surface area contributed by atoms with E-state index in [4.69, 9.17) is 15.2 Å². The molecule has 0 aliphatic carbocycles. The van der Waals surface area contributed by atoms with Crippen LogP contribution in [0, 0.1) is 6.92 Å². The number of hydrogen-bond acceptors (Lipinski definition) is 9. The highest BCUT2D eigenvalue weighted by Crippen LogP contribution is 2.29. The number of carbonyl (C=O) groups is 1. The van der Waals surface area contributed by atoms with E-state index in [2.05, 4.69) is 22.2 Å². The third-order valence-corrected chi connectivity index (χ3v) is 5.99. The molecular weight excluding hydrogens is 527 g/mol. The molecule has 0 amide bonds. The van der Waals surface area contributed by atoms with E-state index in [0.29, 0.717) is 35.7 Å². The molecule has 0 saturated carbocycles. The highest BCUT2D eigenvalue weighted by atomic mass is 19.4. The third kappa shape index (κ3) is 11.2. The van der Waals surface area contributed by atoms with Crippen LogP contribution in [0.1, 0.15) is 69.3 Å². The summed E-state index contributed by atoms with van der Waals surface area (Å²) < 4.78 is 50.7. The van der Waals surface area contributed by atoms with E-state index in [-0.39, 0.29) is 25.1 Å². The van der Waals surface area contributed by atoms with Gasteiger partial charge in [-0.25, -0.2) is 4.98 Å². The zero-order chi connectivity index (χ0) is 30.1. The number of halogens is 3. The van der Waals surface area contributed by atoms with Gasteiger partial charge in [0.25, 0.3) is 0 Å². The lowest BCUT2D eigenvalue weighted by Gasteiger charge is -2.26. The molecule has 0 spiro atoms. The average molecular weight is 570 g/mol. The Kier molecular flexibility index (Phi) is 12.0. The first-order valence-electron chi connectivity index (χ1n) is 13.3. The molecule has 4 N–H and O–H groups in total. The molecule has 1 aromatic carbocycles. The average Bonchev–Trinajstić information content (AvgIpc) is 2.79. The molecule has 1 heterocycles. The van der Waals surface area contributed by atoms with Gasteiger partial charge in [-0.1, -0.05) is 25.5 Å². The minimum atomic E-state index is -4.49. The smallest absolute Gasteiger partial charge is 0.401 e. The van der Waals surface area contributed by atoms with Crippen LogP contribution in [0.3, 0.4) is 0 Å². The molecule has 0 radical (unpaired) electrons. The first-order chi connectivity index (χ1) is 18.6. The Morgan fingerprint density at radius 2 is 1.90 bits per heavy atom. The van der Waals surface area contributed by atoms with Gasteiger partial charge in [0.15, 0.2) is 0 Å². The summed E-state index contributed by atoms with van der Waals surface area (Å²) in [5, 5.41) is 12.9. The van der Waals surface area contributed by atoms with Crippen molar-refractivity contribution >= 4 is 17.7 Å². The number of aliphatic hydroxyl groups is 1. The van der Waals surface area contributed by atoms with Crippen molar-refractivity contribution < 1.29 is 32.5 Å². The van der Waals surface area contributed by atoms with Crippen LogP contribution in [0.25, 0.3) is 0 Å². The second-order valence-electron chi connectivity index (χ2n) is 10.8. The number of nitrogens with two attached hydrogens (primary N) is 1. The Labute approximate surface area is 234 Å². The molecule has 1 unspecified atom stereocenters. The van der Waals surface area contributed by atoms with E-state index < -0.39 is 30.8 Å². The van der Waals surface area contributed by atoms with Crippen LogP contribution in [0.15, 0.2) is 18.2 Å². The van der Waals surface area contributed by atoms with E-state index in [0.717, 1.165) is 28.9 Å². The minimum Gasteiger partial charge on any atom is -0.496 e. The molecule has 1 aromatic heterocycles. The van der Waals surface area contributed by atoms with Crippen LogP contribution >= 0.6 is 0 Å². The number of ether oxygens (including phenoxy) is 2. The summed E-state index contributed by atoms with van der Waals surface area (Å²) in [6, 6.07) is 5.16. The number of nitrogen functional groups attached to an aromatic ring is 1. The molecule has 40 heavy (non-hydrogen) atoms. The van der Waals surface area contributed by atoms with Crippen LogP contribution in [0.5, 0.6) is 5.75 Å². The van der Waals surface area contributed by atoms with Crippen molar-refractivity contribution in [2.75, 3.05) is 37.9 Å². The number of rotatable bonds is 14. The largest absolute Gasteiger partial charge is 0.496 e. The second-order valence-corrected chi connectivity index (χ2v) is 10.8. The first kappa shape index (κ1) is 33.1. The number of nitrogens with one attached hydrogen (secondary N) is 1. The standard InChI is InChI=1S/C28H42F3N5O4/c1-7-8-21(11-12-37)34-25-22(18(2)33-26(32)35-25)14-20-10-9-19(13-23(20)39-6)15-36(17-28(29,30)31)16-24(38)40-27(3,4)5/h9-10,13,21,37H,7-8,11-12,14-17H2,1-6H3,(H3,32,33,34,35). The van der Waals surface area contributed by atoms with E-state index >= 15 is 0 Å². The van der Waals surface area contributed by atoms with Gasteiger partial charge in [0.05, 0.1) is 20.2 Å². The van der Waals surface area contributed by atoms with Gasteiger partial charge in [-0.3, -0.25) is 9.69 Å². The molecule has 0 aliphatic rings. The van der Waals surface area contributed by atoms with Crippen molar-refractivity contribution in [2.24, 2.45) is 0 Å². The number of methoxy groups -OCH3 is 1. The quantitative estimate of drug-likeness (QED) is 0.279. The number of aliphatic hydroxyl groups excluding tert-OH is 1. The Bertz CT molecular complexity index is 1120. The van der Waals surface area contributed by atoms with E-state index in [1.54, 1.807) is 39.0 Å². The number of hydrogen-bond donors (Lipinski definition) is 3. The summed E-state index contributed by atoms with van der Waals surface area (Å²) in [7, 11) is 1.49. The van der Waals surface area contributed by atoms with Crippen LogP contribution in [-0.2, 0) is 22.5 Å². The summed E-state index contributed by atoms with van der Waals surface area (Å²) >= 11 is 0. The molecule has 9 nitrogen and oxygen atoms in total. The summed E-state index contributed by atoms with van der Waals surface area (Å²) in [4.78, 5) is 22.0. The Morgan fingerprint density at radius 3 is 2.48 bits per heavy atom. The van der Waals surface area contributed by atoms with Gasteiger partial charge in [0.1, 0.15) is 17.2 Å². The van der Waals surface area contributed by atoms with E-state index in [9.17, 15) is 23.1 Å². The number of aryl methyl sites for hydroxylation is 1. The van der Waals surface area contributed by atoms with Crippen molar-refractivity contribution in [3.05, 3.63) is 40.6 Å². The SMILES string of the molecule is CCCC(CCO)Nc1nc(N)nc(C)c1Cc1ccc(CN(CC(=O)OC(C)(C)C)CC(F)(F)F)cc1OC. The van der Waals surface area contributed by atoms with Crippen molar-refractivity contribution in [3.63, 3.8) is 0 Å². The number of anilines is 2. The minimum absolute atomic E-state index is 0.00342. The van der Waals surface area contributed by atoms with Crippen molar-refractivity contribution in [1.82, 2.24) is 14.9 Å². The number of carbonyl (C=O) groups excluding carboxylic acids is 1. The van der Waals surface area contributed by atoms with E-state index in [1.807, 2.05) is 6.92 Å². The third-order valence-electron chi connectivity index (χ3n) is 5.99. The second kappa shape index (κ2) is 14.5. The molecule has 0 saturated heterocycles. The number of aromatic nitrogens is 2. The Balaban J connectivity index is 2.33. The van der Waals surface area contributed by atoms with Crippen molar-refractivity contribution in [1.29, 1.82) is 0 Å². The lowest BCUT2D eigenvalue weighted by atomic mass is 10.0. The highest BCUT2D eigenvalue weighted by molar-refractivity contribution is 5.72. The van der Waals surface area contributed by atoms with Gasteiger partial charge < -0.3 is 25.6 Å². The van der Waals surface area contributed by atoms with Gasteiger partial charge in [-0.2, -0.15) is 18.2 Å². The molecule has 2 rings (SSSR count). The first-order valence-corrected chi connectivity index (χ1v) is 13.3. The normalized spacial score (nSPS) is 12.9. The fraction of sp³-hybridized carbons (Fsp3) is 0.607. The Morgan fingerprint density at radius 1 is 1.20 bits per heavy atom. The predicted octanol–water partition coefficient (Wildman–Crippen LogP) is 4.64. The maximum atomic E-state index is 13.3. The van der Waals surface area contributed by atoms with Gasteiger partial charge in [-0.05, 0) is 57.7 Å². The molecular formula is C28H42F3N5O4. The lowest BCUT2D eigenvalue weighted by molar-refractivity contribution is -0.164. The molecule has 224 valence electrons. The van der Waals surface area contributed by atoms with Crippen molar-refractivity contribution in [3.8, 4) is 5.75 Å². The maximum Gasteiger partial charge on any atom is 0.401 e. The summed E-state index contributed by atoms with van der Waals surface area (Å²) in [5.41, 5.74) is 7.90. The Hall–Kier alpha value is -3.12. The molecule has 12 heteroatoms. The van der Waals surface area contributed by atoms with E-state index in [1.165, 1.54) is 7.11 Å². The zero-order valence-electron chi connectivity index (χ0n) is 24.2. The van der Waals surface area contributed by atoms with Crippen LogP contribution in [0.4, 0.5) is 24.9 Å². The van der Waals surface area contributed by atoms with Crippen molar-refractivity contribution in [2.45, 2.75) is 84.7 Å². The molecule has 0 fully saturated rings. The highest BCUT2D eigenvalue weighted by Gasteiger charge is 2.32. The topological polar surface area (TPSA) is 123 Å². The number of esters is 1. The summed E-state index contributed by atoms with van der Waals surface area (Å²) in [6.45, 7) is 6.99. The monoisotopic (exact) mass is 569 g/mol. The number of nitrogens with zero attached hydrogens (tertiary/aromatic N) is 3. The predicted molar refractivity (Wildman–Crippen MR) is 148 cm³/mol. The fourth-order valence-corrected chi connectivity index (χ4v) is 4.39. The number of benzene rings is 1. The summed E-state index contributed by atoms with van der Waals surface area (Å²) in [6.07, 6.45) is -1.82. The van der Waals surface area contributed by atoms with Gasteiger partial charge >= 0.3 is 12.1 Å². The number of alkyl halides is 3. The lowest BCUT2D eigenvalue weighted by Crippen LogP contribution is -2.39. The molecule has 2 aromatic rings. The van der Waals surface area contributed by atoms with Crippen LogP contribution in [0.2, 0.25) is 0 Å². The van der Waals surface area contributed by atoms with Gasteiger partial charge in [-0.15, -0.1) is 0 Å². The van der Waals surface area contributed by atoms with Crippen LogP contribution in [-0.4, -0.2) is 70.6 Å². The van der Waals surface area contributed by atoms with Gasteiger partial charge in [0.2, 0.25) is 5.95 Å². The van der Waals surface area contributed by atoms with Gasteiger partial charge in [0, 0.05) is 36.9 Å². The summed E-state index contributed by atoms with van der Waals surface area (Å²) in [5.74, 6) is 0.433.